The van der Waals surface area contributed by atoms with Crippen molar-refractivity contribution >= 4 is 10.9 Å². The van der Waals surface area contributed by atoms with Crippen LogP contribution in [-0.2, 0) is 0 Å². The van der Waals surface area contributed by atoms with E-state index >= 15 is 0 Å². The predicted octanol–water partition coefficient (Wildman–Crippen LogP) is 3.14. The Labute approximate surface area is 114 Å². The third kappa shape index (κ3) is 2.56. The number of ether oxygens (including phenoxy) is 1. The van der Waals surface area contributed by atoms with Gasteiger partial charge in [-0.1, -0.05) is 18.6 Å². The number of nitrogens with one attached hydrogen (secondary N) is 1. The highest BCUT2D eigenvalue weighted by Gasteiger charge is 2.25. The zero-order valence-corrected chi connectivity index (χ0v) is 11.3. The summed E-state index contributed by atoms with van der Waals surface area (Å²) in [5.41, 5.74) is 0.997. The van der Waals surface area contributed by atoms with Crippen molar-refractivity contribution in [3.8, 4) is 5.75 Å². The quantitative estimate of drug-likeness (QED) is 0.916. The van der Waals surface area contributed by atoms with E-state index in [1.807, 2.05) is 37.5 Å². The van der Waals surface area contributed by atoms with Crippen LogP contribution in [0, 0.1) is 0 Å². The van der Waals surface area contributed by atoms with Crippen LogP contribution in [0.25, 0.3) is 10.9 Å². The first-order valence-electron chi connectivity index (χ1n) is 7.06. The minimum atomic E-state index is 0.268. The van der Waals surface area contributed by atoms with Gasteiger partial charge in [-0.25, -0.2) is 0 Å². The molecule has 3 heteroatoms. The predicted molar refractivity (Wildman–Crippen MR) is 77.5 cm³/mol. The molecular formula is C16H20N2O. The number of fused-ring (bicyclic) bond motifs is 1. The third-order valence-corrected chi connectivity index (χ3v) is 3.96. The van der Waals surface area contributed by atoms with E-state index in [4.69, 9.17) is 4.74 Å². The van der Waals surface area contributed by atoms with Gasteiger partial charge in [-0.2, -0.15) is 0 Å². The van der Waals surface area contributed by atoms with E-state index in [1.54, 1.807) is 0 Å². The lowest BCUT2D eigenvalue weighted by Crippen LogP contribution is -2.43. The lowest BCUT2D eigenvalue weighted by Gasteiger charge is -2.31. The fourth-order valence-corrected chi connectivity index (χ4v) is 2.90. The molecule has 1 aromatic carbocycles. The molecule has 0 radical (unpaired) electrons. The fraction of sp³-hybridized carbons (Fsp3) is 0.438. The highest BCUT2D eigenvalue weighted by molar-refractivity contribution is 5.84. The first kappa shape index (κ1) is 12.4. The Hall–Kier alpha value is -1.61. The summed E-state index contributed by atoms with van der Waals surface area (Å²) < 4.78 is 6.27. The molecule has 2 aromatic rings. The fourth-order valence-electron chi connectivity index (χ4n) is 2.90. The van der Waals surface area contributed by atoms with Crippen LogP contribution in [0.2, 0.25) is 0 Å². The Balaban J connectivity index is 1.88. The van der Waals surface area contributed by atoms with Gasteiger partial charge in [0.15, 0.2) is 0 Å². The molecule has 0 aliphatic heterocycles. The topological polar surface area (TPSA) is 34.1 Å². The second-order valence-corrected chi connectivity index (χ2v) is 5.16. The molecule has 2 unspecified atom stereocenters. The number of likely N-dealkylation sites (N-methyl/N-ethyl adjacent to an activating group) is 1. The zero-order chi connectivity index (χ0) is 13.1. The second kappa shape index (κ2) is 5.57. The zero-order valence-electron chi connectivity index (χ0n) is 11.3. The number of nitrogens with zero attached hydrogens (tertiary/aromatic N) is 1. The first-order valence-corrected chi connectivity index (χ1v) is 7.06. The summed E-state index contributed by atoms with van der Waals surface area (Å²) in [6, 6.07) is 10.6. The minimum absolute atomic E-state index is 0.268. The van der Waals surface area contributed by atoms with Crippen molar-refractivity contribution in [1.82, 2.24) is 10.3 Å². The standard InChI is InChI=1S/C16H20N2O/c1-17-14-8-4-5-9-16(14)19-15-10-11-18-13-7-3-2-6-12(13)15/h2-3,6-7,10-11,14,16-17H,4-5,8-9H2,1H3. The average molecular weight is 256 g/mol. The number of pyridine rings is 1. The van der Waals surface area contributed by atoms with Gasteiger partial charge in [-0.3, -0.25) is 4.98 Å². The molecule has 0 amide bonds. The van der Waals surface area contributed by atoms with Crippen LogP contribution in [0.15, 0.2) is 36.5 Å². The van der Waals surface area contributed by atoms with E-state index in [0.717, 1.165) is 23.1 Å². The van der Waals surface area contributed by atoms with E-state index in [1.165, 1.54) is 19.3 Å². The summed E-state index contributed by atoms with van der Waals surface area (Å²) in [5, 5.41) is 4.48. The Bertz CT molecular complexity index is 550. The van der Waals surface area contributed by atoms with Gasteiger partial charge in [0, 0.05) is 17.6 Å². The molecule has 2 atom stereocenters. The molecule has 0 bridgehead atoms. The molecule has 100 valence electrons. The van der Waals surface area contributed by atoms with E-state index in [-0.39, 0.29) is 6.10 Å². The SMILES string of the molecule is CNC1CCCCC1Oc1ccnc2ccccc12. The van der Waals surface area contributed by atoms with Crippen LogP contribution in [-0.4, -0.2) is 24.2 Å². The third-order valence-electron chi connectivity index (χ3n) is 3.96. The van der Waals surface area contributed by atoms with E-state index in [9.17, 15) is 0 Å². The molecule has 1 fully saturated rings. The highest BCUT2D eigenvalue weighted by atomic mass is 16.5. The van der Waals surface area contributed by atoms with E-state index < -0.39 is 0 Å². The van der Waals surface area contributed by atoms with Gasteiger partial charge in [0.25, 0.3) is 0 Å². The monoisotopic (exact) mass is 256 g/mol. The highest BCUT2D eigenvalue weighted by Crippen LogP contribution is 2.28. The smallest absolute Gasteiger partial charge is 0.130 e. The Morgan fingerprint density at radius 3 is 2.89 bits per heavy atom. The average Bonchev–Trinajstić information content (AvgIpc) is 2.48. The summed E-state index contributed by atoms with van der Waals surface area (Å²) in [7, 11) is 2.02. The van der Waals surface area contributed by atoms with Crippen LogP contribution in [0.3, 0.4) is 0 Å². The maximum Gasteiger partial charge on any atom is 0.130 e. The van der Waals surface area contributed by atoms with Crippen molar-refractivity contribution in [2.75, 3.05) is 7.05 Å². The molecule has 1 saturated carbocycles. The summed E-state index contributed by atoms with van der Waals surface area (Å²) in [6.45, 7) is 0. The summed E-state index contributed by atoms with van der Waals surface area (Å²) in [6.07, 6.45) is 6.97. The lowest BCUT2D eigenvalue weighted by atomic mass is 9.92. The van der Waals surface area contributed by atoms with Gasteiger partial charge in [0.05, 0.1) is 5.52 Å². The van der Waals surface area contributed by atoms with Crippen molar-refractivity contribution in [3.63, 3.8) is 0 Å². The molecule has 19 heavy (non-hydrogen) atoms. The largest absolute Gasteiger partial charge is 0.488 e. The van der Waals surface area contributed by atoms with Crippen molar-refractivity contribution in [2.24, 2.45) is 0 Å². The maximum atomic E-state index is 6.27. The molecule has 1 aromatic heterocycles. The van der Waals surface area contributed by atoms with E-state index in [2.05, 4.69) is 16.4 Å². The minimum Gasteiger partial charge on any atom is -0.488 e. The molecule has 0 saturated heterocycles. The molecule has 1 N–H and O–H groups in total. The summed E-state index contributed by atoms with van der Waals surface area (Å²) in [4.78, 5) is 4.38. The number of hydrogen-bond acceptors (Lipinski definition) is 3. The number of benzene rings is 1. The van der Waals surface area contributed by atoms with Crippen molar-refractivity contribution in [1.29, 1.82) is 0 Å². The van der Waals surface area contributed by atoms with Gasteiger partial charge in [-0.15, -0.1) is 0 Å². The van der Waals surface area contributed by atoms with Crippen LogP contribution in [0.1, 0.15) is 25.7 Å². The van der Waals surface area contributed by atoms with Crippen LogP contribution < -0.4 is 10.1 Å². The van der Waals surface area contributed by atoms with Gasteiger partial charge in [0.1, 0.15) is 11.9 Å². The van der Waals surface area contributed by atoms with Gasteiger partial charge in [0.2, 0.25) is 0 Å². The Kier molecular flexibility index (Phi) is 3.65. The normalized spacial score (nSPS) is 23.4. The molecule has 1 heterocycles. The molecular weight excluding hydrogens is 236 g/mol. The number of para-hydroxylation sites is 1. The molecule has 3 rings (SSSR count). The summed E-state index contributed by atoms with van der Waals surface area (Å²) >= 11 is 0. The van der Waals surface area contributed by atoms with Crippen LogP contribution in [0.4, 0.5) is 0 Å². The number of aromatic nitrogens is 1. The Morgan fingerprint density at radius 1 is 1.16 bits per heavy atom. The van der Waals surface area contributed by atoms with Gasteiger partial charge < -0.3 is 10.1 Å². The van der Waals surface area contributed by atoms with Crippen LogP contribution in [0.5, 0.6) is 5.75 Å². The Morgan fingerprint density at radius 2 is 2.00 bits per heavy atom. The van der Waals surface area contributed by atoms with E-state index in [0.29, 0.717) is 6.04 Å². The molecule has 1 aliphatic carbocycles. The number of rotatable bonds is 3. The molecule has 0 spiro atoms. The van der Waals surface area contributed by atoms with Crippen molar-refractivity contribution < 1.29 is 4.74 Å². The maximum absolute atomic E-state index is 6.27. The van der Waals surface area contributed by atoms with Crippen LogP contribution >= 0.6 is 0 Å². The van der Waals surface area contributed by atoms with Gasteiger partial charge >= 0.3 is 0 Å². The second-order valence-electron chi connectivity index (χ2n) is 5.16. The number of hydrogen-bond donors (Lipinski definition) is 1. The first-order chi connectivity index (χ1) is 9.38. The molecule has 1 aliphatic rings. The summed E-state index contributed by atoms with van der Waals surface area (Å²) in [5.74, 6) is 0.956. The van der Waals surface area contributed by atoms with Crippen molar-refractivity contribution in [3.05, 3.63) is 36.5 Å². The van der Waals surface area contributed by atoms with Gasteiger partial charge in [-0.05, 0) is 44.5 Å². The lowest BCUT2D eigenvalue weighted by molar-refractivity contribution is 0.119. The molecule has 3 nitrogen and oxygen atoms in total. The van der Waals surface area contributed by atoms with Crippen molar-refractivity contribution in [2.45, 2.75) is 37.8 Å².